The molecule has 0 fully saturated rings. The highest BCUT2D eigenvalue weighted by Gasteiger charge is 2.23. The summed E-state index contributed by atoms with van der Waals surface area (Å²) < 4.78 is 2.61. The molecule has 0 N–H and O–H groups in total. The maximum atomic E-state index is 6.93. The minimum absolute atomic E-state index is 0.0627. The Morgan fingerprint density at radius 1 is 0.875 bits per heavy atom. The van der Waals surface area contributed by atoms with Gasteiger partial charge in [0.25, 0.3) is 0 Å². The van der Waals surface area contributed by atoms with Crippen LogP contribution in [-0.4, -0.2) is 0 Å². The topological polar surface area (TPSA) is 0 Å². The number of benzene rings is 3. The molecule has 0 atom stereocenters. The Labute approximate surface area is 151 Å². The van der Waals surface area contributed by atoms with Crippen LogP contribution in [-0.2, 0) is 5.41 Å². The predicted octanol–water partition coefficient (Wildman–Crippen LogP) is 7.67. The van der Waals surface area contributed by atoms with Gasteiger partial charge in [0, 0.05) is 25.7 Å². The van der Waals surface area contributed by atoms with Crippen LogP contribution in [0.4, 0.5) is 0 Å². The van der Waals surface area contributed by atoms with Crippen LogP contribution in [0.5, 0.6) is 0 Å². The van der Waals surface area contributed by atoms with Gasteiger partial charge >= 0.3 is 0 Å². The Morgan fingerprint density at radius 3 is 2.25 bits per heavy atom. The number of thiophene rings is 1. The lowest BCUT2D eigenvalue weighted by Crippen LogP contribution is -2.11. The molecule has 0 aliphatic rings. The maximum Gasteiger partial charge on any atom is 0.0577 e. The van der Waals surface area contributed by atoms with Crippen LogP contribution < -0.4 is 0 Å². The molecule has 0 amide bonds. The summed E-state index contributed by atoms with van der Waals surface area (Å²) in [5.74, 6) is 0. The normalized spacial score (nSPS) is 12.2. The molecule has 4 aromatic rings. The van der Waals surface area contributed by atoms with Crippen molar-refractivity contribution in [2.75, 3.05) is 0 Å². The highest BCUT2D eigenvalue weighted by atomic mass is 35.5. The summed E-state index contributed by atoms with van der Waals surface area (Å²) in [5.41, 5.74) is 3.72. The average molecular weight is 351 g/mol. The molecule has 0 bridgehead atoms. The molecule has 0 aliphatic heterocycles. The summed E-state index contributed by atoms with van der Waals surface area (Å²) in [6, 6.07) is 21.3. The summed E-state index contributed by atoms with van der Waals surface area (Å²) in [7, 11) is 0. The number of hydrogen-bond donors (Lipinski definition) is 0. The predicted molar refractivity (Wildman–Crippen MR) is 108 cm³/mol. The third-order valence-corrected chi connectivity index (χ3v) is 6.07. The first-order chi connectivity index (χ1) is 11.5. The van der Waals surface area contributed by atoms with Gasteiger partial charge in [-0.05, 0) is 28.7 Å². The van der Waals surface area contributed by atoms with Crippen molar-refractivity contribution in [3.05, 3.63) is 71.2 Å². The van der Waals surface area contributed by atoms with E-state index in [9.17, 15) is 0 Å². The molecule has 0 radical (unpaired) electrons. The summed E-state index contributed by atoms with van der Waals surface area (Å²) in [6.07, 6.45) is 0. The van der Waals surface area contributed by atoms with Gasteiger partial charge in [-0.1, -0.05) is 80.9 Å². The van der Waals surface area contributed by atoms with Gasteiger partial charge in [-0.25, -0.2) is 0 Å². The molecule has 3 aromatic carbocycles. The summed E-state index contributed by atoms with van der Waals surface area (Å²) in [6.45, 7) is 6.82. The van der Waals surface area contributed by atoms with Crippen LogP contribution in [0.1, 0.15) is 26.3 Å². The van der Waals surface area contributed by atoms with Crippen LogP contribution in [0.15, 0.2) is 60.7 Å². The number of hydrogen-bond acceptors (Lipinski definition) is 1. The smallest absolute Gasteiger partial charge is 0.0577 e. The third-order valence-electron chi connectivity index (χ3n) is 4.48. The van der Waals surface area contributed by atoms with Gasteiger partial charge in [-0.2, -0.15) is 0 Å². The monoisotopic (exact) mass is 350 g/mol. The standard InChI is InChI=1S/C22H19ClS/c1-22(2,3)17-13-16(14-9-5-4-6-10-14)20(23)19-15-11-7-8-12-18(15)24-21(17)19/h4-13H,1-3H3. The van der Waals surface area contributed by atoms with Crippen LogP contribution >= 0.6 is 22.9 Å². The first-order valence-corrected chi connectivity index (χ1v) is 9.36. The van der Waals surface area contributed by atoms with Crippen molar-refractivity contribution in [3.63, 3.8) is 0 Å². The Kier molecular flexibility index (Phi) is 3.67. The van der Waals surface area contributed by atoms with Crippen molar-refractivity contribution in [2.24, 2.45) is 0 Å². The van der Waals surface area contributed by atoms with E-state index in [1.54, 1.807) is 0 Å². The Bertz CT molecular complexity index is 1040. The largest absolute Gasteiger partial charge is 0.135 e. The van der Waals surface area contributed by atoms with Crippen molar-refractivity contribution < 1.29 is 0 Å². The fourth-order valence-corrected chi connectivity index (χ4v) is 5.10. The molecular formula is C22H19ClS. The molecule has 1 aromatic heterocycles. The van der Waals surface area contributed by atoms with Crippen molar-refractivity contribution >= 4 is 43.1 Å². The molecule has 4 rings (SSSR count). The van der Waals surface area contributed by atoms with Crippen LogP contribution in [0, 0.1) is 0 Å². The molecule has 1 heterocycles. The minimum atomic E-state index is 0.0627. The second-order valence-corrected chi connectivity index (χ2v) is 8.63. The van der Waals surface area contributed by atoms with Crippen LogP contribution in [0.3, 0.4) is 0 Å². The van der Waals surface area contributed by atoms with Crippen molar-refractivity contribution in [3.8, 4) is 11.1 Å². The van der Waals surface area contributed by atoms with Gasteiger partial charge < -0.3 is 0 Å². The van der Waals surface area contributed by atoms with E-state index >= 15 is 0 Å². The Hall–Kier alpha value is -1.83. The number of fused-ring (bicyclic) bond motifs is 3. The van der Waals surface area contributed by atoms with E-state index < -0.39 is 0 Å². The summed E-state index contributed by atoms with van der Waals surface area (Å²) in [4.78, 5) is 0. The maximum absolute atomic E-state index is 6.93. The Balaban J connectivity index is 2.19. The van der Waals surface area contributed by atoms with Crippen LogP contribution in [0.25, 0.3) is 31.3 Å². The molecule has 0 nitrogen and oxygen atoms in total. The molecular weight excluding hydrogens is 332 g/mol. The van der Waals surface area contributed by atoms with Gasteiger partial charge in [-0.3, -0.25) is 0 Å². The number of rotatable bonds is 1. The molecule has 0 saturated carbocycles. The van der Waals surface area contributed by atoms with Crippen molar-refractivity contribution in [1.82, 2.24) is 0 Å². The zero-order valence-electron chi connectivity index (χ0n) is 14.1. The number of halogens is 1. The molecule has 0 spiro atoms. The molecule has 24 heavy (non-hydrogen) atoms. The van der Waals surface area contributed by atoms with Crippen LogP contribution in [0.2, 0.25) is 5.02 Å². The van der Waals surface area contributed by atoms with E-state index in [0.717, 1.165) is 10.6 Å². The molecule has 2 heteroatoms. The lowest BCUT2D eigenvalue weighted by Gasteiger charge is -2.22. The second kappa shape index (κ2) is 5.61. The lowest BCUT2D eigenvalue weighted by atomic mass is 9.84. The van der Waals surface area contributed by atoms with Gasteiger partial charge in [0.2, 0.25) is 0 Å². The summed E-state index contributed by atoms with van der Waals surface area (Å²) >= 11 is 8.77. The zero-order chi connectivity index (χ0) is 16.9. The van der Waals surface area contributed by atoms with E-state index in [0.29, 0.717) is 0 Å². The second-order valence-electron chi connectivity index (χ2n) is 7.20. The van der Waals surface area contributed by atoms with Gasteiger partial charge in [0.15, 0.2) is 0 Å². The highest BCUT2D eigenvalue weighted by molar-refractivity contribution is 7.26. The average Bonchev–Trinajstić information content (AvgIpc) is 2.94. The van der Waals surface area contributed by atoms with Gasteiger partial charge in [0.1, 0.15) is 0 Å². The first-order valence-electron chi connectivity index (χ1n) is 8.16. The van der Waals surface area contributed by atoms with E-state index in [4.69, 9.17) is 11.6 Å². The van der Waals surface area contributed by atoms with E-state index in [1.807, 2.05) is 17.4 Å². The van der Waals surface area contributed by atoms with Gasteiger partial charge in [-0.15, -0.1) is 11.3 Å². The molecule has 0 saturated heterocycles. The van der Waals surface area contributed by atoms with E-state index in [1.165, 1.54) is 31.3 Å². The third kappa shape index (κ3) is 2.44. The van der Waals surface area contributed by atoms with E-state index in [-0.39, 0.29) is 5.41 Å². The molecule has 120 valence electrons. The Morgan fingerprint density at radius 2 is 1.54 bits per heavy atom. The zero-order valence-corrected chi connectivity index (χ0v) is 15.6. The molecule has 0 unspecified atom stereocenters. The highest BCUT2D eigenvalue weighted by Crippen LogP contribution is 2.47. The van der Waals surface area contributed by atoms with Crippen molar-refractivity contribution in [1.29, 1.82) is 0 Å². The van der Waals surface area contributed by atoms with E-state index in [2.05, 4.69) is 75.4 Å². The lowest BCUT2D eigenvalue weighted by molar-refractivity contribution is 0.597. The van der Waals surface area contributed by atoms with Crippen molar-refractivity contribution in [2.45, 2.75) is 26.2 Å². The molecule has 0 aliphatic carbocycles. The quantitative estimate of drug-likeness (QED) is 0.330. The van der Waals surface area contributed by atoms with Gasteiger partial charge in [0.05, 0.1) is 5.02 Å². The fourth-order valence-electron chi connectivity index (χ4n) is 3.25. The summed E-state index contributed by atoms with van der Waals surface area (Å²) in [5, 5.41) is 3.32. The first kappa shape index (κ1) is 15.7. The minimum Gasteiger partial charge on any atom is -0.135 e. The SMILES string of the molecule is CC(C)(C)c1cc(-c2ccccc2)c(Cl)c2c1sc1ccccc12. The fraction of sp³-hybridized carbons (Fsp3) is 0.182.